The largest absolute Gasteiger partial charge is 0.480 e. The van der Waals surface area contributed by atoms with Gasteiger partial charge in [-0.15, -0.1) is 0 Å². The van der Waals surface area contributed by atoms with E-state index in [1.165, 1.54) is 0 Å². The average molecular weight is 329 g/mol. The third-order valence-electron chi connectivity index (χ3n) is 2.49. The summed E-state index contributed by atoms with van der Waals surface area (Å²) in [7, 11) is 0. The summed E-state index contributed by atoms with van der Waals surface area (Å²) in [6.45, 7) is 5.27. The SMILES string of the molecule is CC(C)(C)[C@H](NC(=O)Nc1ccc(Br)cc1)C(=O)O. The topological polar surface area (TPSA) is 78.4 Å². The monoisotopic (exact) mass is 328 g/mol. The molecule has 5 nitrogen and oxygen atoms in total. The second-order valence-corrected chi connectivity index (χ2v) is 6.16. The van der Waals surface area contributed by atoms with Crippen molar-refractivity contribution >= 4 is 33.6 Å². The highest BCUT2D eigenvalue weighted by atomic mass is 79.9. The van der Waals surface area contributed by atoms with E-state index in [1.54, 1.807) is 45.0 Å². The van der Waals surface area contributed by atoms with E-state index in [2.05, 4.69) is 26.6 Å². The molecule has 0 radical (unpaired) electrons. The van der Waals surface area contributed by atoms with Crippen molar-refractivity contribution < 1.29 is 14.7 Å². The zero-order valence-corrected chi connectivity index (χ0v) is 12.6. The fourth-order valence-electron chi connectivity index (χ4n) is 1.48. The van der Waals surface area contributed by atoms with Crippen molar-refractivity contribution in [3.63, 3.8) is 0 Å². The molecule has 1 atom stereocenters. The van der Waals surface area contributed by atoms with Crippen LogP contribution in [0.2, 0.25) is 0 Å². The number of hydrogen-bond acceptors (Lipinski definition) is 2. The molecular weight excluding hydrogens is 312 g/mol. The Kier molecular flexibility index (Phi) is 4.94. The quantitative estimate of drug-likeness (QED) is 0.797. The maximum Gasteiger partial charge on any atom is 0.326 e. The summed E-state index contributed by atoms with van der Waals surface area (Å²) >= 11 is 3.29. The fraction of sp³-hybridized carbons (Fsp3) is 0.385. The summed E-state index contributed by atoms with van der Waals surface area (Å²) in [6, 6.07) is 5.52. The Morgan fingerprint density at radius 3 is 2.16 bits per heavy atom. The van der Waals surface area contributed by atoms with Crippen molar-refractivity contribution in [2.45, 2.75) is 26.8 Å². The minimum atomic E-state index is -1.06. The zero-order chi connectivity index (χ0) is 14.6. The smallest absolute Gasteiger partial charge is 0.326 e. The van der Waals surface area contributed by atoms with E-state index in [0.29, 0.717) is 5.69 Å². The second kappa shape index (κ2) is 6.06. The number of urea groups is 1. The normalized spacial score (nSPS) is 12.6. The molecule has 3 N–H and O–H groups in total. The van der Waals surface area contributed by atoms with Gasteiger partial charge in [0.2, 0.25) is 0 Å². The summed E-state index contributed by atoms with van der Waals surface area (Å²) in [5, 5.41) is 14.2. The molecule has 0 aliphatic heterocycles. The molecular formula is C13H17BrN2O3. The molecule has 6 heteroatoms. The lowest BCUT2D eigenvalue weighted by Crippen LogP contribution is -2.50. The second-order valence-electron chi connectivity index (χ2n) is 5.24. The molecule has 1 rings (SSSR count). The van der Waals surface area contributed by atoms with E-state index in [9.17, 15) is 9.59 Å². The molecule has 0 unspecified atom stereocenters. The van der Waals surface area contributed by atoms with Crippen LogP contribution in [0.5, 0.6) is 0 Å². The van der Waals surface area contributed by atoms with E-state index in [1.807, 2.05) is 0 Å². The molecule has 0 fully saturated rings. The van der Waals surface area contributed by atoms with Crippen LogP contribution in [0.4, 0.5) is 10.5 Å². The number of aliphatic carboxylic acids is 1. The third kappa shape index (κ3) is 4.90. The van der Waals surface area contributed by atoms with Gasteiger partial charge in [0, 0.05) is 10.2 Å². The maximum atomic E-state index is 11.8. The minimum Gasteiger partial charge on any atom is -0.480 e. The van der Waals surface area contributed by atoms with E-state index < -0.39 is 23.5 Å². The van der Waals surface area contributed by atoms with Crippen molar-refractivity contribution in [2.75, 3.05) is 5.32 Å². The van der Waals surface area contributed by atoms with Crippen molar-refractivity contribution in [3.8, 4) is 0 Å². The fourth-order valence-corrected chi connectivity index (χ4v) is 1.74. The first-order valence-electron chi connectivity index (χ1n) is 5.76. The van der Waals surface area contributed by atoms with Crippen molar-refractivity contribution in [1.82, 2.24) is 5.32 Å². The van der Waals surface area contributed by atoms with E-state index >= 15 is 0 Å². The van der Waals surface area contributed by atoms with Gasteiger partial charge in [-0.3, -0.25) is 0 Å². The predicted molar refractivity (Wildman–Crippen MR) is 77.2 cm³/mol. The summed E-state index contributed by atoms with van der Waals surface area (Å²) in [5.41, 5.74) is 0.0295. The average Bonchev–Trinajstić information content (AvgIpc) is 2.27. The van der Waals surface area contributed by atoms with Crippen LogP contribution in [0, 0.1) is 5.41 Å². The number of hydrogen-bond donors (Lipinski definition) is 3. The Labute approximate surface area is 120 Å². The number of benzene rings is 1. The number of nitrogens with one attached hydrogen (secondary N) is 2. The molecule has 0 spiro atoms. The Morgan fingerprint density at radius 1 is 1.21 bits per heavy atom. The first kappa shape index (κ1) is 15.5. The molecule has 0 saturated carbocycles. The predicted octanol–water partition coefficient (Wildman–Crippen LogP) is 3.07. The number of rotatable bonds is 3. The van der Waals surface area contributed by atoms with Crippen LogP contribution in [-0.4, -0.2) is 23.1 Å². The summed E-state index contributed by atoms with van der Waals surface area (Å²) < 4.78 is 0.900. The third-order valence-corrected chi connectivity index (χ3v) is 3.02. The van der Waals surface area contributed by atoms with Crippen LogP contribution in [0.15, 0.2) is 28.7 Å². The molecule has 2 amide bonds. The van der Waals surface area contributed by atoms with Crippen molar-refractivity contribution in [3.05, 3.63) is 28.7 Å². The molecule has 1 aromatic rings. The van der Waals surface area contributed by atoms with Crippen LogP contribution in [0.25, 0.3) is 0 Å². The molecule has 1 aromatic carbocycles. The Bertz CT molecular complexity index is 466. The van der Waals surface area contributed by atoms with Gasteiger partial charge < -0.3 is 15.7 Å². The number of amides is 2. The summed E-state index contributed by atoms with van der Waals surface area (Å²) in [6.07, 6.45) is 0. The highest BCUT2D eigenvalue weighted by Crippen LogP contribution is 2.20. The van der Waals surface area contributed by atoms with Gasteiger partial charge in [-0.25, -0.2) is 9.59 Å². The van der Waals surface area contributed by atoms with Gasteiger partial charge in [0.05, 0.1) is 0 Å². The van der Waals surface area contributed by atoms with E-state index in [-0.39, 0.29) is 0 Å². The van der Waals surface area contributed by atoms with Gasteiger partial charge in [-0.05, 0) is 29.7 Å². The van der Waals surface area contributed by atoms with Crippen LogP contribution in [0.1, 0.15) is 20.8 Å². The molecule has 0 bridgehead atoms. The highest BCUT2D eigenvalue weighted by molar-refractivity contribution is 9.10. The summed E-state index contributed by atoms with van der Waals surface area (Å²) in [5.74, 6) is -1.06. The molecule has 0 heterocycles. The molecule has 19 heavy (non-hydrogen) atoms. The molecule has 0 saturated heterocycles. The standard InChI is InChI=1S/C13H17BrN2O3/c1-13(2,3)10(11(17)18)16-12(19)15-9-6-4-8(14)5-7-9/h4-7,10H,1-3H3,(H,17,18)(H2,15,16,19)/t10-/m1/s1. The van der Waals surface area contributed by atoms with E-state index in [0.717, 1.165) is 4.47 Å². The number of anilines is 1. The molecule has 0 aliphatic carbocycles. The lowest BCUT2D eigenvalue weighted by molar-refractivity contribution is -0.141. The first-order chi connectivity index (χ1) is 8.70. The van der Waals surface area contributed by atoms with Crippen molar-refractivity contribution in [1.29, 1.82) is 0 Å². The number of carbonyl (C=O) groups is 2. The lowest BCUT2D eigenvalue weighted by atomic mass is 9.87. The van der Waals surface area contributed by atoms with Crippen LogP contribution in [-0.2, 0) is 4.79 Å². The maximum absolute atomic E-state index is 11.8. The van der Waals surface area contributed by atoms with Gasteiger partial charge in [0.15, 0.2) is 0 Å². The van der Waals surface area contributed by atoms with Crippen LogP contribution in [0.3, 0.4) is 0 Å². The molecule has 0 aliphatic rings. The highest BCUT2D eigenvalue weighted by Gasteiger charge is 2.32. The first-order valence-corrected chi connectivity index (χ1v) is 6.55. The number of halogens is 1. The van der Waals surface area contributed by atoms with Gasteiger partial charge in [0.25, 0.3) is 0 Å². The lowest BCUT2D eigenvalue weighted by Gasteiger charge is -2.27. The number of carboxylic acid groups (broad SMARTS) is 1. The zero-order valence-electron chi connectivity index (χ0n) is 11.0. The molecule has 0 aromatic heterocycles. The Balaban J connectivity index is 2.68. The minimum absolute atomic E-state index is 0.537. The number of carbonyl (C=O) groups excluding carboxylic acids is 1. The molecule has 104 valence electrons. The van der Waals surface area contributed by atoms with Gasteiger partial charge in [0.1, 0.15) is 6.04 Å². The van der Waals surface area contributed by atoms with Gasteiger partial charge in [-0.1, -0.05) is 36.7 Å². The van der Waals surface area contributed by atoms with Gasteiger partial charge in [-0.2, -0.15) is 0 Å². The van der Waals surface area contributed by atoms with Crippen LogP contribution < -0.4 is 10.6 Å². The summed E-state index contributed by atoms with van der Waals surface area (Å²) in [4.78, 5) is 22.9. The Hall–Kier alpha value is -1.56. The van der Waals surface area contributed by atoms with Gasteiger partial charge >= 0.3 is 12.0 Å². The van der Waals surface area contributed by atoms with Crippen molar-refractivity contribution in [2.24, 2.45) is 5.41 Å². The number of carboxylic acids is 1. The van der Waals surface area contributed by atoms with E-state index in [4.69, 9.17) is 5.11 Å². The Morgan fingerprint density at radius 2 is 1.74 bits per heavy atom. The van der Waals surface area contributed by atoms with Crippen LogP contribution >= 0.6 is 15.9 Å².